The summed E-state index contributed by atoms with van der Waals surface area (Å²) in [5, 5.41) is 61.4. The molecule has 1 aromatic carbocycles. The topological polar surface area (TPSA) is 195 Å². The fraction of sp³-hybridized carbons (Fsp3) is 0.385. The van der Waals surface area contributed by atoms with Gasteiger partial charge in [-0.05, 0) is 30.7 Å². The second-order valence-corrected chi connectivity index (χ2v) is 9.37. The van der Waals surface area contributed by atoms with Crippen LogP contribution in [-0.2, 0) is 25.4 Å². The Morgan fingerprint density at radius 3 is 2.63 bits per heavy atom. The van der Waals surface area contributed by atoms with Gasteiger partial charge in [0, 0.05) is 34.3 Å². The van der Waals surface area contributed by atoms with Gasteiger partial charge in [0.15, 0.2) is 6.29 Å². The summed E-state index contributed by atoms with van der Waals surface area (Å²) in [6.07, 6.45) is -4.45. The number of aliphatic hydroxyl groups is 4. The minimum Gasteiger partial charge on any atom is -0.508 e. The molecule has 0 aliphatic carbocycles. The van der Waals surface area contributed by atoms with E-state index < -0.39 is 61.4 Å². The zero-order valence-corrected chi connectivity index (χ0v) is 20.0. The molecule has 202 valence electrons. The van der Waals surface area contributed by atoms with Crippen LogP contribution in [0.3, 0.4) is 0 Å². The molecule has 2 aliphatic rings. The van der Waals surface area contributed by atoms with E-state index in [-0.39, 0.29) is 17.7 Å². The molecule has 5 rings (SSSR count). The lowest BCUT2D eigenvalue weighted by atomic mass is 9.80. The van der Waals surface area contributed by atoms with Gasteiger partial charge in [-0.15, -0.1) is 6.58 Å². The van der Waals surface area contributed by atoms with E-state index in [0.29, 0.717) is 11.2 Å². The number of nitrogens with one attached hydrogen (secondary N) is 1. The molecule has 2 aliphatic heterocycles. The zero-order chi connectivity index (χ0) is 27.1. The summed E-state index contributed by atoms with van der Waals surface area (Å²) in [6, 6.07) is 6.72. The Hall–Kier alpha value is -3.52. The number of carboxylic acid groups (broad SMARTS) is 1. The number of hydrogen-bond donors (Lipinski definition) is 7. The van der Waals surface area contributed by atoms with Crippen LogP contribution in [0.1, 0.15) is 5.69 Å². The number of phenolic OH excluding ortho intramolecular Hbond substituents is 1. The Balaban J connectivity index is 1.47. The number of phenols is 1. The number of aromatic amines is 1. The van der Waals surface area contributed by atoms with Crippen molar-refractivity contribution in [1.29, 1.82) is 0 Å². The number of hydrogen-bond acceptors (Lipinski definition) is 10. The Bertz CT molecular complexity index is 1390. The van der Waals surface area contributed by atoms with Crippen molar-refractivity contribution in [2.45, 2.75) is 43.4 Å². The van der Waals surface area contributed by atoms with Gasteiger partial charge in [-0.2, -0.15) is 0 Å². The zero-order valence-electron chi connectivity index (χ0n) is 20.0. The minimum atomic E-state index is -1.66. The number of carboxylic acids is 1. The first-order chi connectivity index (χ1) is 18.2. The maximum atomic E-state index is 12.1. The van der Waals surface area contributed by atoms with Crippen LogP contribution in [0.2, 0.25) is 0 Å². The molecule has 0 saturated carbocycles. The second kappa shape index (κ2) is 10.3. The third kappa shape index (κ3) is 4.51. The number of aliphatic carboxylic acids is 1. The van der Waals surface area contributed by atoms with E-state index in [1.807, 2.05) is 0 Å². The fourth-order valence-corrected chi connectivity index (χ4v) is 5.11. The lowest BCUT2D eigenvalue weighted by molar-refractivity contribution is -0.339. The molecule has 1 fully saturated rings. The number of aromatic hydroxyl groups is 1. The van der Waals surface area contributed by atoms with E-state index in [2.05, 4.69) is 16.5 Å². The number of fused-ring (bicyclic) bond motifs is 3. The molecule has 3 aromatic rings. The Morgan fingerprint density at radius 1 is 1.13 bits per heavy atom. The molecule has 2 aromatic heterocycles. The maximum Gasteiger partial charge on any atom is 0.335 e. The number of aliphatic hydroxyl groups excluding tert-OH is 4. The summed E-state index contributed by atoms with van der Waals surface area (Å²) in [4.78, 5) is 19.9. The van der Waals surface area contributed by atoms with Crippen molar-refractivity contribution in [2.75, 3.05) is 6.61 Å². The summed E-state index contributed by atoms with van der Waals surface area (Å²) in [7, 11) is 0. The molecule has 1 saturated heterocycles. The number of carbonyl (C=O) groups is 1. The van der Waals surface area contributed by atoms with Crippen molar-refractivity contribution < 1.29 is 49.6 Å². The van der Waals surface area contributed by atoms with Crippen LogP contribution in [0.25, 0.3) is 21.8 Å². The van der Waals surface area contributed by atoms with Crippen molar-refractivity contribution >= 4 is 27.8 Å². The molecule has 7 N–H and O–H groups in total. The maximum absolute atomic E-state index is 12.1. The highest BCUT2D eigenvalue weighted by molar-refractivity contribution is 6.08. The van der Waals surface area contributed by atoms with Gasteiger partial charge in [0.25, 0.3) is 0 Å². The number of rotatable bonds is 7. The first-order valence-electron chi connectivity index (χ1n) is 12.0. The molecular formula is C26H28N2O10. The van der Waals surface area contributed by atoms with Gasteiger partial charge in [-0.1, -0.05) is 6.08 Å². The van der Waals surface area contributed by atoms with Crippen molar-refractivity contribution in [2.24, 2.45) is 11.8 Å². The first kappa shape index (κ1) is 26.1. The molecule has 0 spiro atoms. The standard InChI is InChI=1S/C26H28N2O10/c1-2-12-14(8-18-20-13(5-6-27-18)15-7-11(30)3-4-17(15)28-20)16(24(34)35)10-36-25(12)38-26-23(33)22(32)21(31)19(9-29)37-26/h2-7,10,12,14,19,21-23,25-26,28-33H,1,8-9H2,(H,34,35). The molecule has 0 bridgehead atoms. The molecular weight excluding hydrogens is 500 g/mol. The van der Waals surface area contributed by atoms with Crippen LogP contribution < -0.4 is 0 Å². The van der Waals surface area contributed by atoms with E-state index >= 15 is 0 Å². The summed E-state index contributed by atoms with van der Waals surface area (Å²) in [5.41, 5.74) is 1.97. The van der Waals surface area contributed by atoms with Gasteiger partial charge in [0.2, 0.25) is 6.29 Å². The monoisotopic (exact) mass is 528 g/mol. The van der Waals surface area contributed by atoms with Crippen molar-refractivity contribution in [1.82, 2.24) is 9.97 Å². The van der Waals surface area contributed by atoms with E-state index in [4.69, 9.17) is 14.2 Å². The van der Waals surface area contributed by atoms with Crippen LogP contribution in [-0.4, -0.2) is 90.2 Å². The van der Waals surface area contributed by atoms with Crippen molar-refractivity contribution in [3.05, 3.63) is 60.6 Å². The molecule has 0 radical (unpaired) electrons. The number of pyridine rings is 1. The fourth-order valence-electron chi connectivity index (χ4n) is 5.11. The molecule has 0 amide bonds. The highest BCUT2D eigenvalue weighted by Gasteiger charge is 2.47. The van der Waals surface area contributed by atoms with Crippen LogP contribution in [0.15, 0.2) is 55.0 Å². The molecule has 12 heteroatoms. The number of nitrogens with zero attached hydrogens (tertiary/aromatic N) is 1. The third-order valence-electron chi connectivity index (χ3n) is 7.14. The van der Waals surface area contributed by atoms with E-state index in [9.17, 15) is 35.4 Å². The number of H-pyrrole nitrogens is 1. The van der Waals surface area contributed by atoms with E-state index in [1.165, 1.54) is 6.08 Å². The van der Waals surface area contributed by atoms with Crippen LogP contribution >= 0.6 is 0 Å². The summed E-state index contributed by atoms with van der Waals surface area (Å²) >= 11 is 0. The summed E-state index contributed by atoms with van der Waals surface area (Å²) in [6.45, 7) is 3.19. The molecule has 38 heavy (non-hydrogen) atoms. The van der Waals surface area contributed by atoms with Crippen molar-refractivity contribution in [3.8, 4) is 5.75 Å². The first-order valence-corrected chi connectivity index (χ1v) is 12.0. The molecule has 8 atom stereocenters. The van der Waals surface area contributed by atoms with Crippen molar-refractivity contribution in [3.63, 3.8) is 0 Å². The minimum absolute atomic E-state index is 0.0453. The van der Waals surface area contributed by atoms with Gasteiger partial charge in [-0.25, -0.2) is 4.79 Å². The van der Waals surface area contributed by atoms with Gasteiger partial charge in [0.05, 0.1) is 29.7 Å². The second-order valence-electron chi connectivity index (χ2n) is 9.37. The predicted octanol–water partition coefficient (Wildman–Crippen LogP) is 0.524. The molecule has 4 heterocycles. The summed E-state index contributed by atoms with van der Waals surface area (Å²) in [5.74, 6) is -2.59. The largest absolute Gasteiger partial charge is 0.508 e. The number of benzene rings is 1. The highest BCUT2D eigenvalue weighted by Crippen LogP contribution is 2.38. The average Bonchev–Trinajstić information content (AvgIpc) is 3.27. The SMILES string of the molecule is C=CC1C(OC2OC(CO)C(O)C(O)C2O)OC=C(C(=O)O)C1Cc1nccc2c1[nH]c1ccc(O)cc12. The van der Waals surface area contributed by atoms with Gasteiger partial charge < -0.3 is 49.8 Å². The van der Waals surface area contributed by atoms with E-state index in [0.717, 1.165) is 22.6 Å². The lowest BCUT2D eigenvalue weighted by Crippen LogP contribution is -2.60. The predicted molar refractivity (Wildman–Crippen MR) is 132 cm³/mol. The number of aromatic nitrogens is 2. The Morgan fingerprint density at radius 2 is 1.92 bits per heavy atom. The van der Waals surface area contributed by atoms with Crippen LogP contribution in [0, 0.1) is 11.8 Å². The molecule has 12 nitrogen and oxygen atoms in total. The van der Waals surface area contributed by atoms with Gasteiger partial charge >= 0.3 is 5.97 Å². The van der Waals surface area contributed by atoms with Crippen LogP contribution in [0.4, 0.5) is 0 Å². The smallest absolute Gasteiger partial charge is 0.335 e. The average molecular weight is 529 g/mol. The van der Waals surface area contributed by atoms with E-state index in [1.54, 1.807) is 30.5 Å². The van der Waals surface area contributed by atoms with Gasteiger partial charge in [0.1, 0.15) is 30.2 Å². The number of ether oxygens (including phenoxy) is 3. The summed E-state index contributed by atoms with van der Waals surface area (Å²) < 4.78 is 16.8. The Kier molecular flexibility index (Phi) is 7.09. The highest BCUT2D eigenvalue weighted by atomic mass is 16.8. The normalized spacial score (nSPS) is 31.6. The van der Waals surface area contributed by atoms with Crippen LogP contribution in [0.5, 0.6) is 5.75 Å². The quantitative estimate of drug-likeness (QED) is 0.211. The molecule has 8 unspecified atom stereocenters. The Labute approximate surface area is 216 Å². The van der Waals surface area contributed by atoms with Gasteiger partial charge in [-0.3, -0.25) is 4.98 Å². The lowest BCUT2D eigenvalue weighted by Gasteiger charge is -2.43. The third-order valence-corrected chi connectivity index (χ3v) is 7.14.